The van der Waals surface area contributed by atoms with Gasteiger partial charge in [-0.1, -0.05) is 27.7 Å². The molecule has 0 fully saturated rings. The van der Waals surface area contributed by atoms with Gasteiger partial charge in [0.25, 0.3) is 0 Å². The second-order valence-corrected chi connectivity index (χ2v) is 5.78. The molecule has 148 valence electrons. The van der Waals surface area contributed by atoms with Crippen LogP contribution in [0.4, 0.5) is 0 Å². The van der Waals surface area contributed by atoms with Gasteiger partial charge in [-0.3, -0.25) is 9.59 Å². The van der Waals surface area contributed by atoms with E-state index >= 15 is 0 Å². The number of carboxylic acids is 2. The Morgan fingerprint density at radius 2 is 1.04 bits per heavy atom. The molecular formula is C18H31AlO7. The fraction of sp³-hybridized carbons (Fsp3) is 0.778. The van der Waals surface area contributed by atoms with Crippen LogP contribution in [0.1, 0.15) is 73.1 Å². The van der Waals surface area contributed by atoms with Crippen molar-refractivity contribution >= 4 is 40.1 Å². The van der Waals surface area contributed by atoms with Crippen molar-refractivity contribution < 1.29 is 33.2 Å². The first-order valence-electron chi connectivity index (χ1n) is 8.96. The van der Waals surface area contributed by atoms with E-state index in [1.54, 1.807) is 13.8 Å². The molecule has 0 heterocycles. The van der Waals surface area contributed by atoms with Crippen LogP contribution in [0.15, 0.2) is 0 Å². The Labute approximate surface area is 165 Å². The van der Waals surface area contributed by atoms with Crippen molar-refractivity contribution in [2.75, 3.05) is 6.61 Å². The van der Waals surface area contributed by atoms with Gasteiger partial charge in [0.1, 0.15) is 11.6 Å². The topological polar surface area (TPSA) is 124 Å². The van der Waals surface area contributed by atoms with Crippen molar-refractivity contribution in [1.29, 1.82) is 0 Å². The second kappa shape index (κ2) is 20.1. The van der Waals surface area contributed by atoms with E-state index in [0.717, 1.165) is 6.61 Å². The minimum absolute atomic E-state index is 0.213. The number of Topliss-reactive ketones (excluding diaryl/α,β-unsaturated/α-hetero) is 2. The number of hydrogen-bond acceptors (Lipinski definition) is 7. The van der Waals surface area contributed by atoms with Gasteiger partial charge in [-0.25, -0.2) is 0 Å². The van der Waals surface area contributed by atoms with Crippen LogP contribution in [0.5, 0.6) is 0 Å². The van der Waals surface area contributed by atoms with Gasteiger partial charge in [-0.2, -0.15) is 0 Å². The number of rotatable bonds is 11. The minimum atomic E-state index is -1.24. The third kappa shape index (κ3) is 16.3. The van der Waals surface area contributed by atoms with Crippen LogP contribution in [0, 0.1) is 11.8 Å². The fourth-order valence-electron chi connectivity index (χ4n) is 1.89. The summed E-state index contributed by atoms with van der Waals surface area (Å²) in [7, 11) is 0. The molecule has 8 heteroatoms. The van der Waals surface area contributed by atoms with Crippen molar-refractivity contribution in [3.63, 3.8) is 0 Å². The standard InChI is InChI=1S/2C8H14O3.C2H5O.Al/c2*1-3-5-7(9)6(4-2)8(10)11;1-2-3;/h2*6H,3-5H2,1-2H3,(H,10,11);2H2,1H3;/q;;-1;+3/p-2. The molecule has 26 heavy (non-hydrogen) atoms. The molecule has 0 aliphatic heterocycles. The van der Waals surface area contributed by atoms with E-state index in [4.69, 9.17) is 0 Å². The summed E-state index contributed by atoms with van der Waals surface area (Å²) in [5.74, 6) is -4.70. The maximum atomic E-state index is 11.0. The van der Waals surface area contributed by atoms with E-state index in [0.29, 0.717) is 38.5 Å². The molecule has 2 atom stereocenters. The average molecular weight is 386 g/mol. The van der Waals surface area contributed by atoms with Crippen molar-refractivity contribution in [2.24, 2.45) is 11.8 Å². The molecule has 0 radical (unpaired) electrons. The van der Waals surface area contributed by atoms with E-state index in [1.165, 1.54) is 0 Å². The Balaban J connectivity index is -0.000000338. The predicted octanol–water partition coefficient (Wildman–Crippen LogP) is 0.370. The SMILES string of the molecule is CCCC(=O)C(CC)C(=O)[O-].CCCC(=O)C(CC)C(=O)[O-].CC[O][Al+2]. The van der Waals surface area contributed by atoms with Crippen molar-refractivity contribution in [3.8, 4) is 0 Å². The summed E-state index contributed by atoms with van der Waals surface area (Å²) in [4.78, 5) is 42.6. The van der Waals surface area contributed by atoms with Crippen molar-refractivity contribution in [1.82, 2.24) is 0 Å². The number of aliphatic carboxylic acids is 2. The molecule has 0 aromatic carbocycles. The molecule has 0 saturated heterocycles. The molecule has 0 aromatic heterocycles. The van der Waals surface area contributed by atoms with Crippen molar-refractivity contribution in [2.45, 2.75) is 73.1 Å². The van der Waals surface area contributed by atoms with Gasteiger partial charge in [0, 0.05) is 12.8 Å². The molecule has 0 N–H and O–H groups in total. The average Bonchev–Trinajstić information content (AvgIpc) is 2.56. The van der Waals surface area contributed by atoms with E-state index in [-0.39, 0.29) is 11.6 Å². The maximum absolute atomic E-state index is 11.0. The number of carbonyl (C=O) groups excluding carboxylic acids is 4. The molecule has 0 saturated carbocycles. The van der Waals surface area contributed by atoms with Gasteiger partial charge in [-0.15, -0.1) is 0 Å². The van der Waals surface area contributed by atoms with Crippen LogP contribution in [0.2, 0.25) is 0 Å². The molecule has 0 spiro atoms. The molecule has 0 aliphatic rings. The molecule has 0 aromatic rings. The summed E-state index contributed by atoms with van der Waals surface area (Å²) in [6.45, 7) is 9.76. The first kappa shape index (κ1) is 29.5. The third-order valence-corrected chi connectivity index (χ3v) is 3.66. The Kier molecular flexibility index (Phi) is 22.8. The van der Waals surface area contributed by atoms with Crippen LogP contribution >= 0.6 is 0 Å². The van der Waals surface area contributed by atoms with Crippen LogP contribution < -0.4 is 10.2 Å². The van der Waals surface area contributed by atoms with Gasteiger partial charge in [0.05, 0.1) is 23.8 Å². The Morgan fingerprint density at radius 3 is 1.15 bits per heavy atom. The zero-order valence-electron chi connectivity index (χ0n) is 16.5. The van der Waals surface area contributed by atoms with E-state index < -0.39 is 23.8 Å². The summed E-state index contributed by atoms with van der Waals surface area (Å²) >= 11 is 2.16. The van der Waals surface area contributed by atoms with Crippen LogP contribution in [-0.2, 0) is 23.0 Å². The summed E-state index contributed by atoms with van der Waals surface area (Å²) < 4.78 is 4.46. The molecular weight excluding hydrogens is 355 g/mol. The zero-order valence-corrected chi connectivity index (χ0v) is 17.7. The van der Waals surface area contributed by atoms with Crippen molar-refractivity contribution in [3.05, 3.63) is 0 Å². The molecule has 7 nitrogen and oxygen atoms in total. The van der Waals surface area contributed by atoms with Gasteiger partial charge >= 0.3 is 33.9 Å². The number of carbonyl (C=O) groups is 4. The predicted molar refractivity (Wildman–Crippen MR) is 94.8 cm³/mol. The van der Waals surface area contributed by atoms with Gasteiger partial charge in [0.15, 0.2) is 0 Å². The zero-order chi connectivity index (χ0) is 21.1. The summed E-state index contributed by atoms with van der Waals surface area (Å²) in [6, 6.07) is 0. The normalized spacial score (nSPS) is 11.8. The quantitative estimate of drug-likeness (QED) is 0.371. The number of carboxylic acid groups (broad SMARTS) is 2. The summed E-state index contributed by atoms with van der Waals surface area (Å²) in [5, 5.41) is 20.6. The first-order chi connectivity index (χ1) is 12.2. The van der Waals surface area contributed by atoms with E-state index in [9.17, 15) is 29.4 Å². The Bertz CT molecular complexity index is 372. The number of hydrogen-bond donors (Lipinski definition) is 0. The molecule has 0 bridgehead atoms. The second-order valence-electron chi connectivity index (χ2n) is 5.45. The molecule has 0 rings (SSSR count). The number of ketones is 2. The van der Waals surface area contributed by atoms with Gasteiger partial charge in [0.2, 0.25) is 0 Å². The Morgan fingerprint density at radius 1 is 0.769 bits per heavy atom. The fourth-order valence-corrected chi connectivity index (χ4v) is 1.89. The first-order valence-corrected chi connectivity index (χ1v) is 9.43. The summed E-state index contributed by atoms with van der Waals surface area (Å²) in [5.41, 5.74) is 0. The molecule has 2 unspecified atom stereocenters. The van der Waals surface area contributed by atoms with E-state index in [2.05, 4.69) is 20.4 Å². The molecule has 0 aliphatic carbocycles. The Hall–Kier alpha value is -1.23. The van der Waals surface area contributed by atoms with Crippen LogP contribution in [0.25, 0.3) is 0 Å². The van der Waals surface area contributed by atoms with Crippen LogP contribution in [-0.4, -0.2) is 46.7 Å². The molecule has 0 amide bonds. The van der Waals surface area contributed by atoms with Gasteiger partial charge in [-0.05, 0) is 25.7 Å². The third-order valence-electron chi connectivity index (χ3n) is 3.32. The van der Waals surface area contributed by atoms with Crippen LogP contribution in [0.3, 0.4) is 0 Å². The van der Waals surface area contributed by atoms with Gasteiger partial charge < -0.3 is 19.8 Å². The van der Waals surface area contributed by atoms with E-state index in [1.807, 2.05) is 20.8 Å². The monoisotopic (exact) mass is 386 g/mol. The summed E-state index contributed by atoms with van der Waals surface area (Å²) in [6.07, 6.45) is 2.74.